The molecule has 1 aromatic carbocycles. The van der Waals surface area contributed by atoms with E-state index in [1.54, 1.807) is 6.07 Å². The van der Waals surface area contributed by atoms with Gasteiger partial charge in [0.2, 0.25) is 0 Å². The highest BCUT2D eigenvalue weighted by molar-refractivity contribution is 7.98. The van der Waals surface area contributed by atoms with Crippen LogP contribution < -0.4 is 4.74 Å². The number of esters is 1. The summed E-state index contributed by atoms with van der Waals surface area (Å²) < 4.78 is 21.1. The van der Waals surface area contributed by atoms with Crippen molar-refractivity contribution in [2.75, 3.05) is 7.11 Å². The number of aromatic nitrogens is 2. The first kappa shape index (κ1) is 17.1. The maximum atomic E-state index is 11.6. The van der Waals surface area contributed by atoms with Gasteiger partial charge in [0.1, 0.15) is 17.1 Å². The number of carbonyl (C=O) groups is 1. The van der Waals surface area contributed by atoms with Crippen LogP contribution in [0.25, 0.3) is 0 Å². The summed E-state index contributed by atoms with van der Waals surface area (Å²) in [6.45, 7) is 2.18. The molecule has 7 nitrogen and oxygen atoms in total. The van der Waals surface area contributed by atoms with E-state index >= 15 is 0 Å². The van der Waals surface area contributed by atoms with Gasteiger partial charge >= 0.3 is 5.97 Å². The van der Waals surface area contributed by atoms with Gasteiger partial charge in [-0.2, -0.15) is 0 Å². The maximum absolute atomic E-state index is 11.6. The largest absolute Gasteiger partial charge is 0.484 e. The van der Waals surface area contributed by atoms with E-state index in [-0.39, 0.29) is 6.61 Å². The summed E-state index contributed by atoms with van der Waals surface area (Å²) in [6.07, 6.45) is 1.44. The van der Waals surface area contributed by atoms with E-state index in [2.05, 4.69) is 10.2 Å². The Kier molecular flexibility index (Phi) is 5.39. The van der Waals surface area contributed by atoms with Gasteiger partial charge in [-0.25, -0.2) is 4.79 Å². The SMILES string of the molecule is COC(=O)c1ccoc1CSc1nnc(COc2cccc(C)c2)o1. The second-order valence-corrected chi connectivity index (χ2v) is 6.03. The van der Waals surface area contributed by atoms with Gasteiger partial charge in [-0.3, -0.25) is 0 Å². The van der Waals surface area contributed by atoms with Crippen LogP contribution in [0.2, 0.25) is 0 Å². The number of nitrogens with zero attached hydrogens (tertiary/aromatic N) is 2. The van der Waals surface area contributed by atoms with E-state index in [1.807, 2.05) is 31.2 Å². The van der Waals surface area contributed by atoms with Crippen molar-refractivity contribution < 1.29 is 23.1 Å². The highest BCUT2D eigenvalue weighted by Crippen LogP contribution is 2.25. The molecule has 0 atom stereocenters. The lowest BCUT2D eigenvalue weighted by Crippen LogP contribution is -2.02. The fraction of sp³-hybridized carbons (Fsp3) is 0.235. The first-order chi connectivity index (χ1) is 12.2. The lowest BCUT2D eigenvalue weighted by molar-refractivity contribution is 0.0598. The van der Waals surface area contributed by atoms with Crippen LogP contribution in [0.15, 0.2) is 50.7 Å². The Morgan fingerprint density at radius 1 is 1.28 bits per heavy atom. The van der Waals surface area contributed by atoms with E-state index < -0.39 is 5.97 Å². The molecule has 25 heavy (non-hydrogen) atoms. The van der Waals surface area contributed by atoms with Crippen molar-refractivity contribution in [1.29, 1.82) is 0 Å². The predicted molar refractivity (Wildman–Crippen MR) is 89.4 cm³/mol. The van der Waals surface area contributed by atoms with Gasteiger partial charge in [0.05, 0.1) is 19.1 Å². The number of thioether (sulfide) groups is 1. The zero-order valence-electron chi connectivity index (χ0n) is 13.7. The molecule has 2 heterocycles. The standard InChI is InChI=1S/C17H16N2O5S/c1-11-4-3-5-12(8-11)23-9-15-18-19-17(24-15)25-10-14-13(6-7-22-14)16(20)21-2/h3-8H,9-10H2,1-2H3. The third-order valence-corrected chi connectivity index (χ3v) is 4.10. The van der Waals surface area contributed by atoms with E-state index in [0.29, 0.717) is 28.2 Å². The Bertz CT molecular complexity index is 858. The monoisotopic (exact) mass is 360 g/mol. The number of ether oxygens (including phenoxy) is 2. The Labute approximate surface area is 148 Å². The zero-order chi connectivity index (χ0) is 17.6. The van der Waals surface area contributed by atoms with Gasteiger partial charge in [-0.15, -0.1) is 10.2 Å². The third-order valence-electron chi connectivity index (χ3n) is 3.28. The van der Waals surface area contributed by atoms with E-state index in [1.165, 1.54) is 25.1 Å². The van der Waals surface area contributed by atoms with E-state index in [0.717, 1.165) is 11.3 Å². The average Bonchev–Trinajstić information content (AvgIpc) is 3.26. The molecule has 0 spiro atoms. The number of hydrogen-bond donors (Lipinski definition) is 0. The van der Waals surface area contributed by atoms with Crippen LogP contribution in [0.3, 0.4) is 0 Å². The Hall–Kier alpha value is -2.74. The summed E-state index contributed by atoms with van der Waals surface area (Å²) >= 11 is 1.27. The zero-order valence-corrected chi connectivity index (χ0v) is 14.5. The van der Waals surface area contributed by atoms with Gasteiger partial charge in [-0.05, 0) is 30.7 Å². The molecule has 0 aliphatic heterocycles. The van der Waals surface area contributed by atoms with Crippen molar-refractivity contribution in [2.24, 2.45) is 0 Å². The molecule has 0 radical (unpaired) electrons. The summed E-state index contributed by atoms with van der Waals surface area (Å²) in [5.74, 6) is 1.54. The molecule has 0 aliphatic carbocycles. The molecule has 3 rings (SSSR count). The molecule has 3 aromatic rings. The van der Waals surface area contributed by atoms with Crippen LogP contribution in [0.1, 0.15) is 27.6 Å². The first-order valence-corrected chi connectivity index (χ1v) is 8.43. The molecule has 2 aromatic heterocycles. The van der Waals surface area contributed by atoms with Crippen LogP contribution >= 0.6 is 11.8 Å². The molecular formula is C17H16N2O5S. The minimum Gasteiger partial charge on any atom is -0.484 e. The molecule has 0 saturated heterocycles. The molecule has 130 valence electrons. The minimum absolute atomic E-state index is 0.186. The molecule has 0 aliphatic rings. The fourth-order valence-electron chi connectivity index (χ4n) is 2.08. The summed E-state index contributed by atoms with van der Waals surface area (Å²) in [5, 5.41) is 8.26. The van der Waals surface area contributed by atoms with E-state index in [4.69, 9.17) is 18.3 Å². The number of benzene rings is 1. The molecule has 0 N–H and O–H groups in total. The fourth-order valence-corrected chi connectivity index (χ4v) is 2.81. The maximum Gasteiger partial charge on any atom is 0.341 e. The molecule has 8 heteroatoms. The van der Waals surface area contributed by atoms with Crippen molar-refractivity contribution in [3.63, 3.8) is 0 Å². The van der Waals surface area contributed by atoms with Crippen LogP contribution in [0.4, 0.5) is 0 Å². The van der Waals surface area contributed by atoms with Gasteiger partial charge in [-0.1, -0.05) is 23.9 Å². The number of furan rings is 1. The summed E-state index contributed by atoms with van der Waals surface area (Å²) in [4.78, 5) is 11.6. The van der Waals surface area contributed by atoms with Crippen LogP contribution in [0, 0.1) is 6.92 Å². The topological polar surface area (TPSA) is 87.6 Å². The first-order valence-electron chi connectivity index (χ1n) is 7.45. The number of rotatable bonds is 7. The Morgan fingerprint density at radius 3 is 2.96 bits per heavy atom. The molecule has 0 unspecified atom stereocenters. The molecule has 0 saturated carbocycles. The van der Waals surface area contributed by atoms with Gasteiger partial charge in [0.15, 0.2) is 6.61 Å². The third kappa shape index (κ3) is 4.42. The average molecular weight is 360 g/mol. The van der Waals surface area contributed by atoms with Crippen molar-refractivity contribution >= 4 is 17.7 Å². The summed E-state index contributed by atoms with van der Waals surface area (Å²) in [5.41, 5.74) is 1.50. The smallest absolute Gasteiger partial charge is 0.341 e. The lowest BCUT2D eigenvalue weighted by atomic mass is 10.2. The molecular weight excluding hydrogens is 344 g/mol. The second kappa shape index (κ2) is 7.89. The highest BCUT2D eigenvalue weighted by Gasteiger charge is 2.16. The van der Waals surface area contributed by atoms with Crippen LogP contribution in [0.5, 0.6) is 5.75 Å². The Balaban J connectivity index is 1.55. The van der Waals surface area contributed by atoms with E-state index in [9.17, 15) is 4.79 Å². The molecule has 0 amide bonds. The van der Waals surface area contributed by atoms with Crippen molar-refractivity contribution in [2.45, 2.75) is 24.5 Å². The molecule has 0 fully saturated rings. The normalized spacial score (nSPS) is 10.6. The number of aryl methyl sites for hydroxylation is 1. The summed E-state index contributed by atoms with van der Waals surface area (Å²) in [7, 11) is 1.32. The number of methoxy groups -OCH3 is 1. The Morgan fingerprint density at radius 2 is 2.16 bits per heavy atom. The second-order valence-electron chi connectivity index (χ2n) is 5.10. The van der Waals surface area contributed by atoms with Crippen molar-refractivity contribution in [3.05, 3.63) is 59.4 Å². The van der Waals surface area contributed by atoms with Crippen molar-refractivity contribution in [3.8, 4) is 5.75 Å². The molecule has 0 bridgehead atoms. The predicted octanol–water partition coefficient (Wildman–Crippen LogP) is 3.63. The van der Waals surface area contributed by atoms with Gasteiger partial charge in [0, 0.05) is 0 Å². The number of carbonyl (C=O) groups excluding carboxylic acids is 1. The van der Waals surface area contributed by atoms with Gasteiger partial charge in [0.25, 0.3) is 11.1 Å². The van der Waals surface area contributed by atoms with Gasteiger partial charge < -0.3 is 18.3 Å². The lowest BCUT2D eigenvalue weighted by Gasteiger charge is -2.03. The minimum atomic E-state index is -0.442. The van der Waals surface area contributed by atoms with Crippen molar-refractivity contribution in [1.82, 2.24) is 10.2 Å². The van der Waals surface area contributed by atoms with Crippen LogP contribution in [-0.4, -0.2) is 23.3 Å². The summed E-state index contributed by atoms with van der Waals surface area (Å²) in [6, 6.07) is 9.27. The highest BCUT2D eigenvalue weighted by atomic mass is 32.2. The quantitative estimate of drug-likeness (QED) is 0.466. The number of hydrogen-bond acceptors (Lipinski definition) is 8. The van der Waals surface area contributed by atoms with Crippen LogP contribution in [-0.2, 0) is 17.1 Å².